The molecule has 0 amide bonds. The number of imidazole rings is 1. The van der Waals surface area contributed by atoms with Crippen molar-refractivity contribution in [2.24, 2.45) is 0 Å². The average Bonchev–Trinajstić information content (AvgIpc) is 3.13. The molecule has 6 nitrogen and oxygen atoms in total. The molecule has 0 radical (unpaired) electrons. The van der Waals surface area contributed by atoms with Crippen LogP contribution in [0.25, 0.3) is 0 Å². The number of halogens is 4. The maximum absolute atomic E-state index is 8.36. The van der Waals surface area contributed by atoms with Crippen molar-refractivity contribution in [3.63, 3.8) is 0 Å². The summed E-state index contributed by atoms with van der Waals surface area (Å²) in [4.78, 5) is 12.5. The van der Waals surface area contributed by atoms with Gasteiger partial charge in [-0.2, -0.15) is 0 Å². The van der Waals surface area contributed by atoms with E-state index in [-0.39, 0.29) is 5.25 Å². The van der Waals surface area contributed by atoms with E-state index in [9.17, 15) is 0 Å². The Labute approximate surface area is 191 Å². The van der Waals surface area contributed by atoms with Gasteiger partial charge in [-0.15, -0.1) is 21.9 Å². The highest BCUT2D eigenvalue weighted by Gasteiger charge is 2.17. The molecular formula is C18H15Cl4N3O3S. The quantitative estimate of drug-likeness (QED) is 0.300. The summed E-state index contributed by atoms with van der Waals surface area (Å²) in [7, 11) is 0. The largest absolute Gasteiger partial charge is 0.336 e. The molecule has 11 heteroatoms. The third-order valence-electron chi connectivity index (χ3n) is 3.70. The van der Waals surface area contributed by atoms with Crippen LogP contribution >= 0.6 is 58.2 Å². The Morgan fingerprint density at radius 3 is 2.28 bits per heavy atom. The fourth-order valence-electron chi connectivity index (χ4n) is 2.42. The molecule has 2 aromatic carbocycles. The van der Waals surface area contributed by atoms with Crippen LogP contribution in [0.5, 0.6) is 0 Å². The Morgan fingerprint density at radius 1 is 1.10 bits per heavy atom. The summed E-state index contributed by atoms with van der Waals surface area (Å²) in [5, 5.41) is 16.4. The lowest BCUT2D eigenvalue weighted by molar-refractivity contribution is -0.742. The molecule has 1 heterocycles. The monoisotopic (exact) mass is 493 g/mol. The number of rotatable bonds is 6. The summed E-state index contributed by atoms with van der Waals surface area (Å²) in [6, 6.07) is 11.2. The van der Waals surface area contributed by atoms with Gasteiger partial charge in [0.15, 0.2) is 0 Å². The molecule has 29 heavy (non-hydrogen) atoms. The van der Waals surface area contributed by atoms with Crippen molar-refractivity contribution in [1.82, 2.24) is 9.55 Å². The Bertz CT molecular complexity index is 954. The Morgan fingerprint density at radius 2 is 1.72 bits per heavy atom. The van der Waals surface area contributed by atoms with E-state index in [1.807, 2.05) is 35.0 Å². The van der Waals surface area contributed by atoms with Crippen LogP contribution in [-0.4, -0.2) is 19.8 Å². The van der Waals surface area contributed by atoms with Crippen LogP contribution in [0, 0.1) is 10.1 Å². The van der Waals surface area contributed by atoms with Gasteiger partial charge in [-0.25, -0.2) is 4.98 Å². The van der Waals surface area contributed by atoms with Crippen LogP contribution < -0.4 is 0 Å². The van der Waals surface area contributed by atoms with Crippen molar-refractivity contribution in [3.05, 3.63) is 96.5 Å². The fourth-order valence-corrected chi connectivity index (χ4v) is 4.87. The minimum atomic E-state index is -1.50. The molecule has 1 unspecified atom stereocenters. The molecule has 1 N–H and O–H groups in total. The first-order valence-corrected chi connectivity index (χ1v) is 10.6. The molecule has 154 valence electrons. The minimum absolute atomic E-state index is 0.130. The average molecular weight is 495 g/mol. The van der Waals surface area contributed by atoms with Crippen molar-refractivity contribution >= 4 is 58.2 Å². The molecule has 0 aliphatic carbocycles. The summed E-state index contributed by atoms with van der Waals surface area (Å²) in [6.45, 7) is 0.747. The highest BCUT2D eigenvalue weighted by Crippen LogP contribution is 2.39. The first kappa shape index (κ1) is 23.6. The van der Waals surface area contributed by atoms with Gasteiger partial charge < -0.3 is 9.77 Å². The van der Waals surface area contributed by atoms with E-state index in [1.165, 1.54) is 0 Å². The zero-order valence-electron chi connectivity index (χ0n) is 14.7. The lowest BCUT2D eigenvalue weighted by Crippen LogP contribution is -2.06. The van der Waals surface area contributed by atoms with Crippen molar-refractivity contribution in [2.45, 2.75) is 17.5 Å². The first-order valence-electron chi connectivity index (χ1n) is 8.05. The molecule has 0 aliphatic rings. The maximum atomic E-state index is 8.36. The second kappa shape index (κ2) is 11.5. The molecule has 0 bridgehead atoms. The number of aromatic nitrogens is 2. The fraction of sp³-hybridized carbons (Fsp3) is 0.167. The zero-order valence-corrected chi connectivity index (χ0v) is 18.6. The Kier molecular flexibility index (Phi) is 9.39. The van der Waals surface area contributed by atoms with Crippen molar-refractivity contribution < 1.29 is 10.3 Å². The lowest BCUT2D eigenvalue weighted by atomic mass is 10.1. The molecular weight excluding hydrogens is 480 g/mol. The molecule has 3 aromatic rings. The van der Waals surface area contributed by atoms with Gasteiger partial charge in [-0.05, 0) is 35.4 Å². The summed E-state index contributed by atoms with van der Waals surface area (Å²) in [6.07, 6.45) is 5.50. The zero-order chi connectivity index (χ0) is 21.4. The number of hydrogen-bond acceptors (Lipinski definition) is 4. The van der Waals surface area contributed by atoms with Gasteiger partial charge in [-0.3, -0.25) is 0 Å². The van der Waals surface area contributed by atoms with E-state index in [4.69, 9.17) is 61.7 Å². The number of nitrogens with zero attached hydrogens (tertiary/aromatic N) is 3. The molecule has 0 spiro atoms. The van der Waals surface area contributed by atoms with E-state index >= 15 is 0 Å². The van der Waals surface area contributed by atoms with E-state index in [0.717, 1.165) is 23.4 Å². The van der Waals surface area contributed by atoms with Gasteiger partial charge in [0, 0.05) is 50.0 Å². The van der Waals surface area contributed by atoms with Crippen LogP contribution in [0.3, 0.4) is 0 Å². The maximum Gasteiger partial charge on any atom is 0.291 e. The van der Waals surface area contributed by atoms with E-state index in [0.29, 0.717) is 20.1 Å². The van der Waals surface area contributed by atoms with Crippen LogP contribution in [0.15, 0.2) is 55.1 Å². The van der Waals surface area contributed by atoms with Crippen LogP contribution in [0.2, 0.25) is 20.1 Å². The van der Waals surface area contributed by atoms with Gasteiger partial charge in [0.05, 0.1) is 6.33 Å². The summed E-state index contributed by atoms with van der Waals surface area (Å²) in [5.74, 6) is 0.744. The SMILES string of the molecule is Clc1ccc(CSC(Cn2ccnc2)c2ccc(Cl)cc2Cl)c(Cl)c1.O=[N+]([O-])O. The van der Waals surface area contributed by atoms with E-state index in [2.05, 4.69) is 4.98 Å². The predicted molar refractivity (Wildman–Crippen MR) is 118 cm³/mol. The molecule has 1 aromatic heterocycles. The molecule has 1 atom stereocenters. The van der Waals surface area contributed by atoms with Gasteiger partial charge in [-0.1, -0.05) is 58.5 Å². The van der Waals surface area contributed by atoms with Gasteiger partial charge in [0.1, 0.15) is 0 Å². The third-order valence-corrected chi connectivity index (χ3v) is 6.13. The summed E-state index contributed by atoms with van der Waals surface area (Å²) >= 11 is 26.5. The topological polar surface area (TPSA) is 81.2 Å². The lowest BCUT2D eigenvalue weighted by Gasteiger charge is -2.19. The first-order chi connectivity index (χ1) is 13.8. The molecule has 0 aliphatic heterocycles. The van der Waals surface area contributed by atoms with Gasteiger partial charge in [0.2, 0.25) is 0 Å². The van der Waals surface area contributed by atoms with Crippen molar-refractivity contribution in [3.8, 4) is 0 Å². The second-order valence-corrected chi connectivity index (χ2v) is 8.58. The minimum Gasteiger partial charge on any atom is -0.336 e. The second-order valence-electron chi connectivity index (χ2n) is 5.70. The van der Waals surface area contributed by atoms with Crippen molar-refractivity contribution in [1.29, 1.82) is 0 Å². The van der Waals surface area contributed by atoms with Gasteiger partial charge in [0.25, 0.3) is 5.09 Å². The molecule has 0 fully saturated rings. The summed E-state index contributed by atoms with van der Waals surface area (Å²) in [5.41, 5.74) is 2.08. The van der Waals surface area contributed by atoms with E-state index in [1.54, 1.807) is 36.4 Å². The van der Waals surface area contributed by atoms with Crippen LogP contribution in [-0.2, 0) is 12.3 Å². The number of thioether (sulfide) groups is 1. The van der Waals surface area contributed by atoms with E-state index < -0.39 is 5.09 Å². The number of benzene rings is 2. The third kappa shape index (κ3) is 7.95. The van der Waals surface area contributed by atoms with Gasteiger partial charge >= 0.3 is 0 Å². The smallest absolute Gasteiger partial charge is 0.291 e. The predicted octanol–water partition coefficient (Wildman–Crippen LogP) is 6.82. The Balaban J connectivity index is 0.000000687. The van der Waals surface area contributed by atoms with Crippen LogP contribution in [0.4, 0.5) is 0 Å². The Hall–Kier alpha value is -1.64. The van der Waals surface area contributed by atoms with Crippen LogP contribution in [0.1, 0.15) is 16.4 Å². The molecule has 3 rings (SSSR count). The highest BCUT2D eigenvalue weighted by atomic mass is 35.5. The normalized spacial score (nSPS) is 11.4. The summed E-state index contributed by atoms with van der Waals surface area (Å²) < 4.78 is 2.03. The standard InChI is InChI=1S/C18H14Cl4N2S.HNO3/c19-13-2-1-12(16(21)7-13)10-25-18(9-24-6-5-23-11-24)15-4-3-14(20)8-17(15)22;2-1(3)4/h1-8,11,18H,9-10H2;(H,2,3,4). The van der Waals surface area contributed by atoms with Crippen molar-refractivity contribution in [2.75, 3.05) is 0 Å². The number of hydrogen-bond donors (Lipinski definition) is 1. The molecule has 0 saturated heterocycles. The highest BCUT2D eigenvalue weighted by molar-refractivity contribution is 7.98. The molecule has 0 saturated carbocycles.